The van der Waals surface area contributed by atoms with Crippen LogP contribution in [0.2, 0.25) is 0 Å². The molecule has 6 heteroatoms. The molecule has 0 amide bonds. The molecular formula is C47H88O6. The number of hydrogen-bond donors (Lipinski definition) is 0. The lowest BCUT2D eigenvalue weighted by Gasteiger charge is -2.18. The van der Waals surface area contributed by atoms with Crippen molar-refractivity contribution in [3.63, 3.8) is 0 Å². The molecule has 0 rings (SSSR count). The minimum absolute atomic E-state index is 0.0691. The van der Waals surface area contributed by atoms with Crippen LogP contribution in [0.4, 0.5) is 0 Å². The Kier molecular flexibility index (Phi) is 41.4. The van der Waals surface area contributed by atoms with Crippen LogP contribution in [0.3, 0.4) is 0 Å². The van der Waals surface area contributed by atoms with Gasteiger partial charge in [0, 0.05) is 19.3 Å². The molecule has 0 saturated carbocycles. The monoisotopic (exact) mass is 749 g/mol. The summed E-state index contributed by atoms with van der Waals surface area (Å²) in [6.07, 6.45) is 44.9. The Hall–Kier alpha value is -1.85. The molecule has 1 atom stereocenters. The normalized spacial score (nSPS) is 12.0. The predicted octanol–water partition coefficient (Wildman–Crippen LogP) is 14.6. The van der Waals surface area contributed by atoms with Gasteiger partial charge in [-0.15, -0.1) is 0 Å². The van der Waals surface area contributed by atoms with Gasteiger partial charge >= 0.3 is 17.9 Å². The van der Waals surface area contributed by atoms with Crippen molar-refractivity contribution in [3.8, 4) is 0 Å². The minimum Gasteiger partial charge on any atom is -0.462 e. The van der Waals surface area contributed by atoms with Crippen molar-refractivity contribution in [2.75, 3.05) is 13.2 Å². The molecule has 1 unspecified atom stereocenters. The van der Waals surface area contributed by atoms with Crippen LogP contribution in [0.1, 0.15) is 252 Å². The average molecular weight is 749 g/mol. The second-order valence-electron chi connectivity index (χ2n) is 15.7. The van der Waals surface area contributed by atoms with Gasteiger partial charge in [0.25, 0.3) is 0 Å². The van der Waals surface area contributed by atoms with Crippen LogP contribution < -0.4 is 0 Å². The van der Waals surface area contributed by atoms with Crippen molar-refractivity contribution in [1.29, 1.82) is 0 Å². The summed E-state index contributed by atoms with van der Waals surface area (Å²) in [6.45, 7) is 6.59. The van der Waals surface area contributed by atoms with Gasteiger partial charge in [0.05, 0.1) is 0 Å². The topological polar surface area (TPSA) is 78.9 Å². The maximum Gasteiger partial charge on any atom is 0.306 e. The van der Waals surface area contributed by atoms with Crippen molar-refractivity contribution < 1.29 is 28.6 Å². The highest BCUT2D eigenvalue weighted by Crippen LogP contribution is 2.15. The van der Waals surface area contributed by atoms with Crippen LogP contribution in [0.15, 0.2) is 12.2 Å². The SMILES string of the molecule is CCCCCCCC/C=C\CCCCCCCC(=O)OCC(COC(=O)CCCCCCCCC)OC(=O)CCCCCCCCCCCCCCC. The van der Waals surface area contributed by atoms with Crippen LogP contribution in [0, 0.1) is 0 Å². The molecule has 0 N–H and O–H groups in total. The molecule has 0 aliphatic heterocycles. The van der Waals surface area contributed by atoms with Gasteiger partial charge in [0.15, 0.2) is 6.10 Å². The lowest BCUT2D eigenvalue weighted by Crippen LogP contribution is -2.30. The number of ether oxygens (including phenoxy) is 3. The van der Waals surface area contributed by atoms with Crippen LogP contribution in [0.5, 0.6) is 0 Å². The van der Waals surface area contributed by atoms with Gasteiger partial charge in [0.2, 0.25) is 0 Å². The first-order valence-corrected chi connectivity index (χ1v) is 23.2. The molecule has 0 aliphatic carbocycles. The van der Waals surface area contributed by atoms with E-state index >= 15 is 0 Å². The second kappa shape index (κ2) is 42.9. The summed E-state index contributed by atoms with van der Waals surface area (Å²) in [7, 11) is 0. The average Bonchev–Trinajstić information content (AvgIpc) is 3.15. The molecule has 0 fully saturated rings. The summed E-state index contributed by atoms with van der Waals surface area (Å²) < 4.78 is 16.7. The van der Waals surface area contributed by atoms with E-state index in [2.05, 4.69) is 32.9 Å². The standard InChI is InChI=1S/C47H88O6/c1-4-7-10-13-16-18-20-22-23-25-26-28-31-34-37-40-46(49)52-43-44(42-51-45(48)39-36-33-30-15-12-9-6-3)53-47(50)41-38-35-32-29-27-24-21-19-17-14-11-8-5-2/h22-23,44H,4-21,24-43H2,1-3H3/b23-22-. The Morgan fingerprint density at radius 3 is 0.943 bits per heavy atom. The number of esters is 3. The molecule has 53 heavy (non-hydrogen) atoms. The molecule has 0 aliphatic rings. The van der Waals surface area contributed by atoms with Crippen LogP contribution in [-0.2, 0) is 28.6 Å². The zero-order chi connectivity index (χ0) is 38.7. The van der Waals surface area contributed by atoms with Gasteiger partial charge in [-0.2, -0.15) is 0 Å². The van der Waals surface area contributed by atoms with Gasteiger partial charge in [-0.25, -0.2) is 0 Å². The Balaban J connectivity index is 4.28. The second-order valence-corrected chi connectivity index (χ2v) is 15.7. The summed E-state index contributed by atoms with van der Waals surface area (Å²) in [4.78, 5) is 37.6. The smallest absolute Gasteiger partial charge is 0.306 e. The van der Waals surface area contributed by atoms with Crippen LogP contribution >= 0.6 is 0 Å². The predicted molar refractivity (Wildman–Crippen MR) is 224 cm³/mol. The van der Waals surface area contributed by atoms with Gasteiger partial charge < -0.3 is 14.2 Å². The van der Waals surface area contributed by atoms with Crippen molar-refractivity contribution in [2.24, 2.45) is 0 Å². The van der Waals surface area contributed by atoms with E-state index in [1.807, 2.05) is 0 Å². The summed E-state index contributed by atoms with van der Waals surface area (Å²) in [5.41, 5.74) is 0. The van der Waals surface area contributed by atoms with E-state index in [-0.39, 0.29) is 31.1 Å². The Bertz CT molecular complexity index is 824. The van der Waals surface area contributed by atoms with Gasteiger partial charge in [0.1, 0.15) is 13.2 Å². The Morgan fingerprint density at radius 2 is 0.623 bits per heavy atom. The summed E-state index contributed by atoms with van der Waals surface area (Å²) in [5, 5.41) is 0. The lowest BCUT2D eigenvalue weighted by molar-refractivity contribution is -0.167. The molecule has 0 saturated heterocycles. The highest BCUT2D eigenvalue weighted by atomic mass is 16.6. The van der Waals surface area contributed by atoms with Crippen LogP contribution in [0.25, 0.3) is 0 Å². The fourth-order valence-corrected chi connectivity index (χ4v) is 6.73. The van der Waals surface area contributed by atoms with E-state index in [9.17, 15) is 14.4 Å². The zero-order valence-corrected chi connectivity index (χ0v) is 35.6. The molecule has 0 heterocycles. The molecule has 0 aromatic heterocycles. The highest BCUT2D eigenvalue weighted by molar-refractivity contribution is 5.71. The quantitative estimate of drug-likeness (QED) is 0.0268. The van der Waals surface area contributed by atoms with E-state index in [0.717, 1.165) is 64.2 Å². The number of unbranched alkanes of at least 4 members (excludes halogenated alkanes) is 29. The molecular weight excluding hydrogens is 661 g/mol. The third-order valence-corrected chi connectivity index (χ3v) is 10.3. The van der Waals surface area contributed by atoms with Gasteiger partial charge in [-0.1, -0.05) is 200 Å². The van der Waals surface area contributed by atoms with E-state index in [1.54, 1.807) is 0 Å². The highest BCUT2D eigenvalue weighted by Gasteiger charge is 2.19. The van der Waals surface area contributed by atoms with Crippen molar-refractivity contribution in [1.82, 2.24) is 0 Å². The maximum absolute atomic E-state index is 12.7. The van der Waals surface area contributed by atoms with E-state index in [0.29, 0.717) is 19.3 Å². The van der Waals surface area contributed by atoms with Crippen molar-refractivity contribution in [3.05, 3.63) is 12.2 Å². The Labute approximate surface area is 329 Å². The molecule has 0 aromatic rings. The largest absolute Gasteiger partial charge is 0.462 e. The summed E-state index contributed by atoms with van der Waals surface area (Å²) in [5.74, 6) is -0.875. The number of hydrogen-bond acceptors (Lipinski definition) is 6. The molecule has 0 aromatic carbocycles. The summed E-state index contributed by atoms with van der Waals surface area (Å²) >= 11 is 0. The van der Waals surface area contributed by atoms with E-state index < -0.39 is 6.10 Å². The third-order valence-electron chi connectivity index (χ3n) is 10.3. The molecule has 0 radical (unpaired) electrons. The fraction of sp³-hybridized carbons (Fsp3) is 0.894. The zero-order valence-electron chi connectivity index (χ0n) is 35.6. The van der Waals surface area contributed by atoms with Crippen molar-refractivity contribution in [2.45, 2.75) is 258 Å². The maximum atomic E-state index is 12.7. The number of allylic oxidation sites excluding steroid dienone is 2. The van der Waals surface area contributed by atoms with E-state index in [1.165, 1.54) is 148 Å². The lowest BCUT2D eigenvalue weighted by atomic mass is 10.0. The van der Waals surface area contributed by atoms with Gasteiger partial charge in [-0.3, -0.25) is 14.4 Å². The number of rotatable bonds is 42. The number of carbonyl (C=O) groups is 3. The third kappa shape index (κ3) is 41.2. The summed E-state index contributed by atoms with van der Waals surface area (Å²) in [6, 6.07) is 0. The molecule has 312 valence electrons. The minimum atomic E-state index is -0.763. The molecule has 0 spiro atoms. The molecule has 6 nitrogen and oxygen atoms in total. The molecule has 0 bridgehead atoms. The van der Waals surface area contributed by atoms with Gasteiger partial charge in [-0.05, 0) is 44.9 Å². The first-order chi connectivity index (χ1) is 26.0. The number of carbonyl (C=O) groups excluding carboxylic acids is 3. The first-order valence-electron chi connectivity index (χ1n) is 23.2. The first kappa shape index (κ1) is 51.1. The van der Waals surface area contributed by atoms with E-state index in [4.69, 9.17) is 14.2 Å². The Morgan fingerprint density at radius 1 is 0.358 bits per heavy atom. The van der Waals surface area contributed by atoms with Crippen LogP contribution in [-0.4, -0.2) is 37.2 Å². The van der Waals surface area contributed by atoms with Crippen molar-refractivity contribution >= 4 is 17.9 Å². The fourth-order valence-electron chi connectivity index (χ4n) is 6.73.